The van der Waals surface area contributed by atoms with E-state index in [0.29, 0.717) is 0 Å². The molecule has 0 rings (SSSR count). The fourth-order valence-corrected chi connectivity index (χ4v) is 2.19. The molecule has 1 radical (unpaired) electrons. The molecule has 0 saturated heterocycles. The molecular weight excluding hydrogens is 543 g/mol. The fraction of sp³-hybridized carbons (Fsp3) is 0.643. The molecule has 0 atom stereocenters. The van der Waals surface area contributed by atoms with Crippen molar-refractivity contribution in [1.29, 1.82) is 0 Å². The maximum absolute atomic E-state index is 10.8. The van der Waals surface area contributed by atoms with E-state index in [9.17, 15) is 39.3 Å². The standard InChI is InChI=1S/C14H23N3O10.Gd.H2O/c18-10(19)5-15(1-3-16(6-11(20)21)7-12(22)23)2-4-17(8-13(24)25)9-14(26)27;;/h1-9H2,(H,18,19)(H,20,21)(H,22,23)(H,24,25)(H,26,27);;1H2/q;+3;/p-3. The van der Waals surface area contributed by atoms with E-state index in [4.69, 9.17) is 10.2 Å². The topological polar surface area (TPSA) is 236 Å². The van der Waals surface area contributed by atoms with Crippen LogP contribution in [0, 0.1) is 39.9 Å². The first kappa shape index (κ1) is 32.2. The second kappa shape index (κ2) is 17.4. The van der Waals surface area contributed by atoms with Crippen LogP contribution in [-0.4, -0.2) is 119 Å². The zero-order valence-corrected chi connectivity index (χ0v) is 17.5. The van der Waals surface area contributed by atoms with Gasteiger partial charge in [-0.25, -0.2) is 0 Å². The van der Waals surface area contributed by atoms with E-state index in [1.165, 1.54) is 4.90 Å². The molecule has 0 fully saturated rings. The number of carboxylic acid groups (broad SMARTS) is 5. The van der Waals surface area contributed by atoms with Gasteiger partial charge in [0.2, 0.25) is 0 Å². The third kappa shape index (κ3) is 19.6. The zero-order valence-electron chi connectivity index (χ0n) is 15.2. The molecule has 0 aliphatic rings. The Hall–Kier alpha value is -1.49. The molecule has 29 heavy (non-hydrogen) atoms. The molecule has 0 aromatic carbocycles. The van der Waals surface area contributed by atoms with Crippen LogP contribution < -0.4 is 15.3 Å². The van der Waals surface area contributed by atoms with Crippen LogP contribution in [0.2, 0.25) is 0 Å². The summed E-state index contributed by atoms with van der Waals surface area (Å²) in [6.07, 6.45) is 0. The van der Waals surface area contributed by atoms with E-state index in [-0.39, 0.29) is 71.6 Å². The van der Waals surface area contributed by atoms with Crippen LogP contribution in [0.1, 0.15) is 0 Å². The van der Waals surface area contributed by atoms with Gasteiger partial charge in [0, 0.05) is 45.8 Å². The Labute approximate surface area is 197 Å². The molecule has 0 bridgehead atoms. The van der Waals surface area contributed by atoms with Gasteiger partial charge in [-0.05, 0) is 0 Å². The summed E-state index contributed by atoms with van der Waals surface area (Å²) in [4.78, 5) is 56.9. The summed E-state index contributed by atoms with van der Waals surface area (Å²) >= 11 is 0. The number of carbonyl (C=O) groups is 5. The van der Waals surface area contributed by atoms with Crippen molar-refractivity contribution in [2.45, 2.75) is 0 Å². The Kier molecular flexibility index (Phi) is 19.3. The molecule has 4 N–H and O–H groups in total. The van der Waals surface area contributed by atoms with E-state index in [2.05, 4.69) is 0 Å². The summed E-state index contributed by atoms with van der Waals surface area (Å²) in [5, 5.41) is 49.6. The average molecular weight is 566 g/mol. The second-order valence-corrected chi connectivity index (χ2v) is 5.60. The van der Waals surface area contributed by atoms with Gasteiger partial charge in [-0.1, -0.05) is 0 Å². The Morgan fingerprint density at radius 2 is 0.793 bits per heavy atom. The summed E-state index contributed by atoms with van der Waals surface area (Å²) in [5.74, 6) is -7.06. The first-order chi connectivity index (χ1) is 12.5. The molecular formula is C14H22GdN3O11. The van der Waals surface area contributed by atoms with Crippen LogP contribution >= 0.6 is 0 Å². The normalized spacial score (nSPS) is 10.3. The van der Waals surface area contributed by atoms with Crippen molar-refractivity contribution in [1.82, 2.24) is 14.7 Å². The van der Waals surface area contributed by atoms with Crippen LogP contribution in [0.4, 0.5) is 0 Å². The molecule has 0 unspecified atom stereocenters. The van der Waals surface area contributed by atoms with Crippen molar-refractivity contribution >= 4 is 29.8 Å². The van der Waals surface area contributed by atoms with Crippen LogP contribution in [-0.2, 0) is 24.0 Å². The second-order valence-electron chi connectivity index (χ2n) is 5.60. The van der Waals surface area contributed by atoms with Crippen molar-refractivity contribution in [3.05, 3.63) is 0 Å². The number of nitrogens with zero attached hydrogens (tertiary/aromatic N) is 3. The van der Waals surface area contributed by atoms with Gasteiger partial charge < -0.3 is 45.4 Å². The molecule has 15 heteroatoms. The first-order valence-electron chi connectivity index (χ1n) is 7.69. The summed E-state index contributed by atoms with van der Waals surface area (Å²) < 4.78 is 0. The molecule has 0 heterocycles. The van der Waals surface area contributed by atoms with Gasteiger partial charge in [0.05, 0.1) is 31.0 Å². The van der Waals surface area contributed by atoms with E-state index < -0.39 is 62.6 Å². The summed E-state index contributed by atoms with van der Waals surface area (Å²) in [5.41, 5.74) is 0. The molecule has 0 aliphatic heterocycles. The molecule has 0 aromatic rings. The molecule has 14 nitrogen and oxygen atoms in total. The summed E-state index contributed by atoms with van der Waals surface area (Å²) in [6, 6.07) is 0. The molecule has 0 aromatic heterocycles. The van der Waals surface area contributed by atoms with Crippen LogP contribution in [0.25, 0.3) is 0 Å². The van der Waals surface area contributed by atoms with Crippen LogP contribution in [0.5, 0.6) is 0 Å². The minimum Gasteiger partial charge on any atom is -0.549 e. The quantitative estimate of drug-likeness (QED) is 0.177. The minimum absolute atomic E-state index is 0. The Balaban J connectivity index is -0.00000338. The molecule has 0 aliphatic carbocycles. The van der Waals surface area contributed by atoms with Gasteiger partial charge in [-0.2, -0.15) is 0 Å². The van der Waals surface area contributed by atoms with Crippen molar-refractivity contribution in [2.75, 3.05) is 58.9 Å². The van der Waals surface area contributed by atoms with Crippen molar-refractivity contribution in [3.63, 3.8) is 0 Å². The molecule has 0 amide bonds. The number of carbonyl (C=O) groups excluding carboxylic acids is 3. The van der Waals surface area contributed by atoms with Gasteiger partial charge in [0.25, 0.3) is 0 Å². The molecule has 167 valence electrons. The first-order valence-corrected chi connectivity index (χ1v) is 7.69. The van der Waals surface area contributed by atoms with Crippen molar-refractivity contribution < 1.29 is 94.9 Å². The van der Waals surface area contributed by atoms with E-state index >= 15 is 0 Å². The zero-order chi connectivity index (χ0) is 21.0. The van der Waals surface area contributed by atoms with Gasteiger partial charge in [0.1, 0.15) is 0 Å². The van der Waals surface area contributed by atoms with Crippen LogP contribution in [0.3, 0.4) is 0 Å². The van der Waals surface area contributed by atoms with Crippen molar-refractivity contribution in [3.8, 4) is 0 Å². The summed E-state index contributed by atoms with van der Waals surface area (Å²) in [7, 11) is 0. The minimum atomic E-state index is -1.51. The smallest absolute Gasteiger partial charge is 0.549 e. The van der Waals surface area contributed by atoms with Gasteiger partial charge in [-0.3, -0.25) is 24.3 Å². The third-order valence-electron chi connectivity index (χ3n) is 3.24. The van der Waals surface area contributed by atoms with Gasteiger partial charge >= 0.3 is 51.9 Å². The predicted molar refractivity (Wildman–Crippen MR) is 83.2 cm³/mol. The Morgan fingerprint density at radius 1 is 0.552 bits per heavy atom. The van der Waals surface area contributed by atoms with Crippen LogP contribution in [0.15, 0.2) is 0 Å². The Morgan fingerprint density at radius 3 is 1.03 bits per heavy atom. The van der Waals surface area contributed by atoms with Gasteiger partial charge in [0.15, 0.2) is 0 Å². The number of carboxylic acids is 5. The Bertz CT molecular complexity index is 489. The largest absolute Gasteiger partial charge is 3.00 e. The van der Waals surface area contributed by atoms with E-state index in [1.54, 1.807) is 0 Å². The maximum atomic E-state index is 10.8. The maximum Gasteiger partial charge on any atom is 3.00 e. The number of rotatable bonds is 16. The number of hydrogen-bond acceptors (Lipinski definition) is 11. The number of hydrogen-bond donors (Lipinski definition) is 2. The fourth-order valence-electron chi connectivity index (χ4n) is 2.19. The average Bonchev–Trinajstić information content (AvgIpc) is 2.46. The molecule has 0 saturated carbocycles. The third-order valence-corrected chi connectivity index (χ3v) is 3.24. The monoisotopic (exact) mass is 566 g/mol. The predicted octanol–water partition coefficient (Wildman–Crippen LogP) is -7.51. The number of aliphatic carboxylic acids is 5. The van der Waals surface area contributed by atoms with E-state index in [0.717, 1.165) is 9.80 Å². The summed E-state index contributed by atoms with van der Waals surface area (Å²) in [6.45, 7) is -3.60. The van der Waals surface area contributed by atoms with Crippen molar-refractivity contribution in [2.24, 2.45) is 0 Å². The van der Waals surface area contributed by atoms with Gasteiger partial charge in [-0.15, -0.1) is 0 Å². The SMILES string of the molecule is O.O=C([O-])CN(CCN(CC(=O)[O-])CC(=O)O)CCN(CC(=O)[O-])CC(=O)O.[Gd+3]. The molecule has 0 spiro atoms. The van der Waals surface area contributed by atoms with E-state index in [1.807, 2.05) is 0 Å².